The monoisotopic (exact) mass is 357 g/mol. The third-order valence-electron chi connectivity index (χ3n) is 4.27. The molecule has 1 saturated heterocycles. The lowest BCUT2D eigenvalue weighted by Crippen LogP contribution is -2.36. The van der Waals surface area contributed by atoms with Crippen molar-refractivity contribution in [1.82, 2.24) is 15.5 Å². The van der Waals surface area contributed by atoms with Crippen LogP contribution in [0, 0.1) is 0 Å². The molecule has 1 aliphatic heterocycles. The van der Waals surface area contributed by atoms with Crippen LogP contribution in [0.15, 0.2) is 47.1 Å². The van der Waals surface area contributed by atoms with Gasteiger partial charge in [-0.05, 0) is 61.3 Å². The molecule has 132 valence electrons. The number of piperidine rings is 1. The van der Waals surface area contributed by atoms with E-state index in [4.69, 9.17) is 16.6 Å². The summed E-state index contributed by atoms with van der Waals surface area (Å²) in [6.45, 7) is 2.85. The molecule has 0 bridgehead atoms. The fourth-order valence-corrected chi connectivity index (χ4v) is 3.06. The minimum Gasteiger partial charge on any atom is -0.467 e. The van der Waals surface area contributed by atoms with Crippen LogP contribution in [0.4, 0.5) is 0 Å². The van der Waals surface area contributed by atoms with Crippen LogP contribution < -0.4 is 10.6 Å². The van der Waals surface area contributed by atoms with E-state index in [1.165, 1.54) is 6.42 Å². The van der Waals surface area contributed by atoms with Gasteiger partial charge in [-0.15, -0.1) is 0 Å². The fraction of sp³-hybridized carbons (Fsp3) is 0.368. The van der Waals surface area contributed by atoms with Crippen molar-refractivity contribution in [1.29, 1.82) is 0 Å². The van der Waals surface area contributed by atoms with Gasteiger partial charge in [0.2, 0.25) is 0 Å². The zero-order valence-corrected chi connectivity index (χ0v) is 15.0. The van der Waals surface area contributed by atoms with Crippen molar-refractivity contribution in [2.75, 3.05) is 13.1 Å². The highest BCUT2D eigenvalue weighted by Gasteiger charge is 2.18. The highest BCUT2D eigenvalue weighted by atomic mass is 32.1. The molecule has 1 aromatic carbocycles. The molecule has 5 nitrogen and oxygen atoms in total. The summed E-state index contributed by atoms with van der Waals surface area (Å²) in [6, 6.07) is 11.5. The van der Waals surface area contributed by atoms with Gasteiger partial charge in [-0.25, -0.2) is 0 Å². The van der Waals surface area contributed by atoms with Gasteiger partial charge in [0.25, 0.3) is 5.91 Å². The Morgan fingerprint density at radius 2 is 1.88 bits per heavy atom. The number of carbonyl (C=O) groups excluding carboxylic acids is 1. The van der Waals surface area contributed by atoms with Crippen LogP contribution in [-0.4, -0.2) is 29.0 Å². The Labute approximate surface area is 153 Å². The molecule has 1 aromatic heterocycles. The Bertz CT molecular complexity index is 709. The largest absolute Gasteiger partial charge is 0.467 e. The molecule has 2 heterocycles. The summed E-state index contributed by atoms with van der Waals surface area (Å²) in [5.74, 6) is 0.957. The van der Waals surface area contributed by atoms with E-state index in [9.17, 15) is 4.79 Å². The first-order chi connectivity index (χ1) is 12.2. The number of benzene rings is 1. The summed E-state index contributed by atoms with van der Waals surface area (Å²) in [5, 5.41) is 6.82. The Kier molecular flexibility index (Phi) is 6.06. The van der Waals surface area contributed by atoms with Gasteiger partial charge in [-0.3, -0.25) is 4.79 Å². The smallest absolute Gasteiger partial charge is 0.253 e. The first kappa shape index (κ1) is 17.5. The normalized spacial score (nSPS) is 14.2. The number of nitrogens with one attached hydrogen (secondary N) is 2. The quantitative estimate of drug-likeness (QED) is 0.806. The maximum absolute atomic E-state index is 12.6. The lowest BCUT2D eigenvalue weighted by Gasteiger charge is -2.26. The molecule has 0 unspecified atom stereocenters. The second-order valence-electron chi connectivity index (χ2n) is 6.17. The number of nitrogens with zero attached hydrogens (tertiary/aromatic N) is 1. The van der Waals surface area contributed by atoms with Crippen molar-refractivity contribution in [2.24, 2.45) is 0 Å². The molecule has 0 atom stereocenters. The molecule has 1 amide bonds. The van der Waals surface area contributed by atoms with Crippen LogP contribution in [0.25, 0.3) is 0 Å². The van der Waals surface area contributed by atoms with Gasteiger partial charge in [0.05, 0.1) is 12.8 Å². The maximum Gasteiger partial charge on any atom is 0.253 e. The van der Waals surface area contributed by atoms with Crippen molar-refractivity contribution in [3.63, 3.8) is 0 Å². The molecule has 1 fully saturated rings. The van der Waals surface area contributed by atoms with Crippen LogP contribution in [0.3, 0.4) is 0 Å². The van der Waals surface area contributed by atoms with E-state index in [1.807, 2.05) is 41.3 Å². The second-order valence-corrected chi connectivity index (χ2v) is 6.58. The lowest BCUT2D eigenvalue weighted by molar-refractivity contribution is 0.0724. The minimum absolute atomic E-state index is 0.125. The third kappa shape index (κ3) is 5.06. The second kappa shape index (κ2) is 8.67. The number of likely N-dealkylation sites (tertiary alicyclic amines) is 1. The van der Waals surface area contributed by atoms with E-state index in [2.05, 4.69) is 10.6 Å². The Morgan fingerprint density at radius 3 is 2.64 bits per heavy atom. The molecule has 0 spiro atoms. The molecule has 2 aromatic rings. The molecule has 25 heavy (non-hydrogen) atoms. The van der Waals surface area contributed by atoms with E-state index >= 15 is 0 Å². The molecular formula is C19H23N3O2S. The maximum atomic E-state index is 12.6. The molecule has 2 N–H and O–H groups in total. The number of amides is 1. The van der Waals surface area contributed by atoms with Crippen LogP contribution in [0.1, 0.15) is 40.9 Å². The van der Waals surface area contributed by atoms with E-state index in [1.54, 1.807) is 6.26 Å². The number of carbonyl (C=O) groups is 1. The number of rotatable bonds is 5. The van der Waals surface area contributed by atoms with Gasteiger partial charge in [0, 0.05) is 25.2 Å². The Morgan fingerprint density at radius 1 is 1.08 bits per heavy atom. The molecular weight excluding hydrogens is 334 g/mol. The highest BCUT2D eigenvalue weighted by Crippen LogP contribution is 2.14. The van der Waals surface area contributed by atoms with E-state index in [0.717, 1.165) is 42.8 Å². The molecule has 0 radical (unpaired) electrons. The van der Waals surface area contributed by atoms with Gasteiger partial charge >= 0.3 is 0 Å². The predicted octanol–water partition coefficient (Wildman–Crippen LogP) is 3.07. The first-order valence-electron chi connectivity index (χ1n) is 8.65. The van der Waals surface area contributed by atoms with Crippen LogP contribution in [0.2, 0.25) is 0 Å². The van der Waals surface area contributed by atoms with E-state index in [0.29, 0.717) is 18.2 Å². The van der Waals surface area contributed by atoms with Crippen molar-refractivity contribution in [3.05, 3.63) is 59.5 Å². The van der Waals surface area contributed by atoms with Crippen molar-refractivity contribution < 1.29 is 9.21 Å². The van der Waals surface area contributed by atoms with Crippen LogP contribution >= 0.6 is 12.2 Å². The van der Waals surface area contributed by atoms with E-state index in [-0.39, 0.29) is 5.91 Å². The summed E-state index contributed by atoms with van der Waals surface area (Å²) in [6.07, 6.45) is 5.06. The summed E-state index contributed by atoms with van der Waals surface area (Å²) < 4.78 is 5.25. The van der Waals surface area contributed by atoms with Gasteiger partial charge < -0.3 is 20.0 Å². The number of furan rings is 1. The first-order valence-corrected chi connectivity index (χ1v) is 9.05. The number of thiocarbonyl (C=S) groups is 1. The Balaban J connectivity index is 1.50. The SMILES string of the molecule is O=C(c1cccc(CNC(=S)NCc2ccco2)c1)N1CCCCC1. The predicted molar refractivity (Wildman–Crippen MR) is 101 cm³/mol. The van der Waals surface area contributed by atoms with Gasteiger partial charge in [0.15, 0.2) is 5.11 Å². The van der Waals surface area contributed by atoms with Crippen molar-refractivity contribution in [2.45, 2.75) is 32.4 Å². The fourth-order valence-electron chi connectivity index (χ4n) is 2.92. The molecule has 6 heteroatoms. The summed E-state index contributed by atoms with van der Waals surface area (Å²) >= 11 is 5.27. The average Bonchev–Trinajstić information content (AvgIpc) is 3.19. The summed E-state index contributed by atoms with van der Waals surface area (Å²) in [4.78, 5) is 14.5. The highest BCUT2D eigenvalue weighted by molar-refractivity contribution is 7.80. The number of hydrogen-bond donors (Lipinski definition) is 2. The summed E-state index contributed by atoms with van der Waals surface area (Å²) in [5.41, 5.74) is 1.78. The zero-order valence-electron chi connectivity index (χ0n) is 14.2. The average molecular weight is 357 g/mol. The third-order valence-corrected chi connectivity index (χ3v) is 4.56. The van der Waals surface area contributed by atoms with Gasteiger partial charge in [-0.2, -0.15) is 0 Å². The number of hydrogen-bond acceptors (Lipinski definition) is 3. The van der Waals surface area contributed by atoms with E-state index < -0.39 is 0 Å². The van der Waals surface area contributed by atoms with Gasteiger partial charge in [-0.1, -0.05) is 12.1 Å². The molecule has 3 rings (SSSR count). The van der Waals surface area contributed by atoms with Crippen molar-refractivity contribution >= 4 is 23.2 Å². The van der Waals surface area contributed by atoms with Gasteiger partial charge in [0.1, 0.15) is 5.76 Å². The van der Waals surface area contributed by atoms with Crippen LogP contribution in [-0.2, 0) is 13.1 Å². The molecule has 1 aliphatic rings. The molecule has 0 saturated carbocycles. The topological polar surface area (TPSA) is 57.5 Å². The van der Waals surface area contributed by atoms with Crippen molar-refractivity contribution in [3.8, 4) is 0 Å². The minimum atomic E-state index is 0.125. The van der Waals surface area contributed by atoms with Crippen LogP contribution in [0.5, 0.6) is 0 Å². The standard InChI is InChI=1S/C19H23N3O2S/c23-18(22-9-2-1-3-10-22)16-7-4-6-15(12-16)13-20-19(25)21-14-17-8-5-11-24-17/h4-8,11-12H,1-3,9-10,13-14H2,(H2,20,21,25). The molecule has 0 aliphatic carbocycles. The summed E-state index contributed by atoms with van der Waals surface area (Å²) in [7, 11) is 0. The zero-order chi connectivity index (χ0) is 17.5. The Hall–Kier alpha value is -2.34. The lowest BCUT2D eigenvalue weighted by atomic mass is 10.1.